The number of hydrogen-bond acceptors (Lipinski definition) is 9. The first-order valence-electron chi connectivity index (χ1n) is 19.0. The third kappa shape index (κ3) is 7.81. The van der Waals surface area contributed by atoms with Crippen LogP contribution in [0, 0.1) is 24.6 Å². The Bertz CT molecular complexity index is 2540. The van der Waals surface area contributed by atoms with Gasteiger partial charge in [-0.2, -0.15) is 0 Å². The fraction of sp³-hybridized carbons (Fsp3) is 0.295. The third-order valence-electron chi connectivity index (χ3n) is 10.7. The first-order valence-corrected chi connectivity index (χ1v) is 19.0. The second-order valence-electron chi connectivity index (χ2n) is 14.5. The van der Waals surface area contributed by atoms with Gasteiger partial charge < -0.3 is 29.6 Å². The number of ether oxygens (including phenoxy) is 2. The van der Waals surface area contributed by atoms with Crippen molar-refractivity contribution >= 4 is 45.7 Å². The summed E-state index contributed by atoms with van der Waals surface area (Å²) in [5.41, 5.74) is 6.29. The molecule has 5 aromatic rings. The molecule has 3 aromatic carbocycles. The van der Waals surface area contributed by atoms with Crippen LogP contribution in [-0.2, 0) is 21.4 Å². The van der Waals surface area contributed by atoms with Gasteiger partial charge in [-0.1, -0.05) is 24.0 Å². The number of rotatable bonds is 7. The van der Waals surface area contributed by atoms with Gasteiger partial charge in [0.15, 0.2) is 0 Å². The van der Waals surface area contributed by atoms with Gasteiger partial charge in [-0.05, 0) is 86.2 Å². The highest BCUT2D eigenvalue weighted by molar-refractivity contribution is 6.01. The molecule has 1 unspecified atom stereocenters. The second kappa shape index (κ2) is 15.9. The van der Waals surface area contributed by atoms with Crippen molar-refractivity contribution in [3.05, 3.63) is 111 Å². The van der Waals surface area contributed by atoms with Gasteiger partial charge >= 0.3 is 0 Å². The molecule has 0 aliphatic carbocycles. The van der Waals surface area contributed by atoms with Crippen LogP contribution in [0.5, 0.6) is 5.75 Å². The predicted octanol–water partition coefficient (Wildman–Crippen LogP) is 5.47. The molecule has 1 atom stereocenters. The Morgan fingerprint density at radius 1 is 1.00 bits per heavy atom. The van der Waals surface area contributed by atoms with Crippen LogP contribution in [0.4, 0.5) is 21.5 Å². The van der Waals surface area contributed by atoms with Gasteiger partial charge in [0.2, 0.25) is 11.8 Å². The van der Waals surface area contributed by atoms with Crippen molar-refractivity contribution in [2.75, 3.05) is 43.1 Å². The van der Waals surface area contributed by atoms with Crippen molar-refractivity contribution in [3.63, 3.8) is 0 Å². The maximum absolute atomic E-state index is 16.1. The molecule has 3 amide bonds. The highest BCUT2D eigenvalue weighted by atomic mass is 19.1. The summed E-state index contributed by atoms with van der Waals surface area (Å²) < 4.78 is 29.5. The molecule has 0 bridgehead atoms. The highest BCUT2D eigenvalue weighted by Gasteiger charge is 2.28. The molecular formula is C44H41FN6O6. The summed E-state index contributed by atoms with van der Waals surface area (Å²) in [5, 5.41) is 9.11. The summed E-state index contributed by atoms with van der Waals surface area (Å²) >= 11 is 0. The van der Waals surface area contributed by atoms with E-state index in [1.807, 2.05) is 25.1 Å². The number of benzene rings is 3. The molecule has 3 N–H and O–H groups in total. The lowest BCUT2D eigenvalue weighted by molar-refractivity contribution is -0.133. The van der Waals surface area contributed by atoms with E-state index in [9.17, 15) is 19.2 Å². The summed E-state index contributed by atoms with van der Waals surface area (Å²) in [4.78, 5) is 55.9. The SMILES string of the molecule is Cc1cc2c(N3CCOc4cc(-c5ccc(C(=O)NCC#Cc6cccc(NC7CCC(=O)NC7=O)c6)nc5)c(F)cc43)cc(C3CCOCC3)cc2n(C)c1=O. The van der Waals surface area contributed by atoms with Crippen LogP contribution in [0.1, 0.15) is 58.8 Å². The monoisotopic (exact) mass is 768 g/mol. The van der Waals surface area contributed by atoms with Crippen LogP contribution in [0.25, 0.3) is 22.0 Å². The summed E-state index contributed by atoms with van der Waals surface area (Å²) in [6, 6.07) is 19.2. The summed E-state index contributed by atoms with van der Waals surface area (Å²) in [6.45, 7) is 4.09. The van der Waals surface area contributed by atoms with Crippen molar-refractivity contribution in [2.24, 2.45) is 7.05 Å². The number of aryl methyl sites for hydroxylation is 2. The average Bonchev–Trinajstić information content (AvgIpc) is 3.22. The Hall–Kier alpha value is -6.52. The zero-order valence-corrected chi connectivity index (χ0v) is 31.6. The fourth-order valence-corrected chi connectivity index (χ4v) is 7.69. The van der Waals surface area contributed by atoms with Crippen LogP contribution in [0.15, 0.2) is 77.7 Å². The fourth-order valence-electron chi connectivity index (χ4n) is 7.69. The van der Waals surface area contributed by atoms with E-state index >= 15 is 4.39 Å². The van der Waals surface area contributed by atoms with E-state index in [2.05, 4.69) is 49.8 Å². The van der Waals surface area contributed by atoms with Crippen LogP contribution < -0.4 is 31.1 Å². The number of aromatic nitrogens is 2. The molecule has 290 valence electrons. The zero-order valence-electron chi connectivity index (χ0n) is 31.6. The maximum atomic E-state index is 16.1. The minimum Gasteiger partial charge on any atom is -0.490 e. The minimum atomic E-state index is -0.507. The Balaban J connectivity index is 0.976. The van der Waals surface area contributed by atoms with Crippen LogP contribution in [0.3, 0.4) is 0 Å². The first kappa shape index (κ1) is 37.4. The quantitative estimate of drug-likeness (QED) is 0.145. The topological polar surface area (TPSA) is 144 Å². The van der Waals surface area contributed by atoms with Crippen molar-refractivity contribution in [2.45, 2.75) is 44.6 Å². The van der Waals surface area contributed by atoms with Gasteiger partial charge in [0.25, 0.3) is 11.5 Å². The van der Waals surface area contributed by atoms with Gasteiger partial charge in [0.05, 0.1) is 30.0 Å². The zero-order chi connectivity index (χ0) is 39.6. The molecular weight excluding hydrogens is 728 g/mol. The first-order chi connectivity index (χ1) is 27.6. The Morgan fingerprint density at radius 3 is 2.63 bits per heavy atom. The van der Waals surface area contributed by atoms with E-state index in [0.717, 1.165) is 35.0 Å². The molecule has 13 heteroatoms. The van der Waals surface area contributed by atoms with E-state index in [4.69, 9.17) is 9.47 Å². The molecule has 0 spiro atoms. The van der Waals surface area contributed by atoms with Crippen LogP contribution >= 0.6 is 0 Å². The number of nitrogens with zero attached hydrogens (tertiary/aromatic N) is 3. The van der Waals surface area contributed by atoms with E-state index < -0.39 is 17.8 Å². The highest BCUT2D eigenvalue weighted by Crippen LogP contribution is 2.44. The van der Waals surface area contributed by atoms with E-state index in [0.29, 0.717) is 66.6 Å². The predicted molar refractivity (Wildman–Crippen MR) is 214 cm³/mol. The number of carbonyl (C=O) groups is 3. The number of piperidine rings is 1. The van der Waals surface area contributed by atoms with Crippen LogP contribution in [-0.4, -0.2) is 66.2 Å². The summed E-state index contributed by atoms with van der Waals surface area (Å²) in [5.74, 6) is 5.19. The average molecular weight is 769 g/mol. The van der Waals surface area contributed by atoms with Crippen molar-refractivity contribution < 1.29 is 28.2 Å². The smallest absolute Gasteiger partial charge is 0.270 e. The van der Waals surface area contributed by atoms with E-state index in [1.165, 1.54) is 18.3 Å². The van der Waals surface area contributed by atoms with Crippen molar-refractivity contribution in [1.82, 2.24) is 20.2 Å². The number of nitrogens with one attached hydrogen (secondary N) is 3. The molecule has 57 heavy (non-hydrogen) atoms. The Morgan fingerprint density at radius 2 is 1.84 bits per heavy atom. The van der Waals surface area contributed by atoms with Gasteiger partial charge in [-0.15, -0.1) is 0 Å². The summed E-state index contributed by atoms with van der Waals surface area (Å²) in [7, 11) is 1.79. The number of anilines is 3. The molecule has 0 saturated carbocycles. The lowest BCUT2D eigenvalue weighted by atomic mass is 9.90. The van der Waals surface area contributed by atoms with Gasteiger partial charge in [-0.25, -0.2) is 4.39 Å². The number of hydrogen-bond donors (Lipinski definition) is 3. The molecule has 2 aromatic heterocycles. The van der Waals surface area contributed by atoms with Gasteiger partial charge in [-0.3, -0.25) is 29.5 Å². The number of imide groups is 1. The standard InChI is InChI=1S/C44H41FN6O6/c1-26-19-33-37(50(2)44(26)55)21-30(28-12-16-56-17-13-28)22-38(33)51-15-18-57-40-23-32(34(45)24-39(40)51)29-8-9-35(47-25-29)42(53)46-14-4-6-27-5-3-7-31(20-27)48-36-10-11-41(52)49-43(36)54/h3,5,7-9,19-25,28,36,48H,10-18H2,1-2H3,(H,46,53)(H,49,52,54). The van der Waals surface area contributed by atoms with Crippen LogP contribution in [0.2, 0.25) is 0 Å². The van der Waals surface area contributed by atoms with Gasteiger partial charge in [0, 0.05) is 72.3 Å². The molecule has 0 radical (unpaired) electrons. The third-order valence-corrected chi connectivity index (χ3v) is 10.7. The number of carbonyl (C=O) groups excluding carboxylic acids is 3. The van der Waals surface area contributed by atoms with E-state index in [1.54, 1.807) is 35.9 Å². The van der Waals surface area contributed by atoms with Crippen molar-refractivity contribution in [3.8, 4) is 28.7 Å². The van der Waals surface area contributed by atoms with Gasteiger partial charge in [0.1, 0.15) is 29.9 Å². The number of pyridine rings is 2. The molecule has 3 aliphatic heterocycles. The molecule has 2 fully saturated rings. The molecule has 12 nitrogen and oxygen atoms in total. The van der Waals surface area contributed by atoms with Crippen molar-refractivity contribution in [1.29, 1.82) is 0 Å². The number of fused-ring (bicyclic) bond motifs is 2. The number of halogens is 1. The maximum Gasteiger partial charge on any atom is 0.270 e. The minimum absolute atomic E-state index is 0.0532. The molecule has 5 heterocycles. The summed E-state index contributed by atoms with van der Waals surface area (Å²) in [6.07, 6.45) is 3.91. The van der Waals surface area contributed by atoms with E-state index in [-0.39, 0.29) is 47.5 Å². The Labute approximate surface area is 328 Å². The largest absolute Gasteiger partial charge is 0.490 e. The second-order valence-corrected chi connectivity index (χ2v) is 14.5. The molecule has 3 aliphatic rings. The normalized spacial score (nSPS) is 16.9. The number of amides is 3. The lowest BCUT2D eigenvalue weighted by Gasteiger charge is -2.34. The molecule has 8 rings (SSSR count). The lowest BCUT2D eigenvalue weighted by Crippen LogP contribution is -2.47. The molecule has 2 saturated heterocycles. The Kier molecular flexibility index (Phi) is 10.4.